The fourth-order valence-electron chi connectivity index (χ4n) is 1.78. The van der Waals surface area contributed by atoms with Gasteiger partial charge in [0.05, 0.1) is 4.92 Å². The van der Waals surface area contributed by atoms with Crippen molar-refractivity contribution in [1.82, 2.24) is 4.90 Å². The maximum Gasteiger partial charge on any atom is 0.273 e. The summed E-state index contributed by atoms with van der Waals surface area (Å²) in [6.45, 7) is 4.79. The summed E-state index contributed by atoms with van der Waals surface area (Å²) in [5.74, 6) is -0.161. The van der Waals surface area contributed by atoms with E-state index in [2.05, 4.69) is 15.9 Å². The van der Waals surface area contributed by atoms with E-state index in [1.54, 1.807) is 24.0 Å². The zero-order valence-electron chi connectivity index (χ0n) is 11.1. The summed E-state index contributed by atoms with van der Waals surface area (Å²) in [5, 5.41) is 11.7. The topological polar surface area (TPSA) is 63.5 Å². The van der Waals surface area contributed by atoms with Crippen LogP contribution in [0, 0.1) is 17.0 Å². The smallest absolute Gasteiger partial charge is 0.273 e. The number of carbonyl (C=O) groups is 1. The second kappa shape index (κ2) is 7.23. The van der Waals surface area contributed by atoms with E-state index in [0.717, 1.165) is 11.8 Å². The Kier molecular flexibility index (Phi) is 5.95. The quantitative estimate of drug-likeness (QED) is 0.457. The number of benzene rings is 1. The molecule has 0 aromatic heterocycles. The zero-order valence-corrected chi connectivity index (χ0v) is 12.6. The molecule has 0 spiro atoms. The number of hydrogen-bond donors (Lipinski definition) is 0. The van der Waals surface area contributed by atoms with Gasteiger partial charge >= 0.3 is 0 Å². The third-order valence-corrected chi connectivity index (χ3v) is 3.44. The Bertz CT molecular complexity index is 477. The van der Waals surface area contributed by atoms with Crippen LogP contribution in [0.25, 0.3) is 0 Å². The van der Waals surface area contributed by atoms with E-state index in [1.807, 2.05) is 6.92 Å². The van der Waals surface area contributed by atoms with Gasteiger partial charge in [0.2, 0.25) is 0 Å². The monoisotopic (exact) mass is 328 g/mol. The number of halogens is 1. The summed E-state index contributed by atoms with van der Waals surface area (Å²) < 4.78 is 0. The van der Waals surface area contributed by atoms with Gasteiger partial charge in [0.1, 0.15) is 0 Å². The molecule has 0 radical (unpaired) electrons. The summed E-state index contributed by atoms with van der Waals surface area (Å²) in [5.41, 5.74) is 0.918. The van der Waals surface area contributed by atoms with Gasteiger partial charge in [-0.2, -0.15) is 0 Å². The number of rotatable bonds is 6. The average molecular weight is 329 g/mol. The Labute approximate surface area is 120 Å². The lowest BCUT2D eigenvalue weighted by Crippen LogP contribution is -2.32. The van der Waals surface area contributed by atoms with Crippen molar-refractivity contribution in [3.05, 3.63) is 39.4 Å². The van der Waals surface area contributed by atoms with Crippen molar-refractivity contribution >= 4 is 27.5 Å². The summed E-state index contributed by atoms with van der Waals surface area (Å²) >= 11 is 3.33. The van der Waals surface area contributed by atoms with Gasteiger partial charge in [-0.05, 0) is 26.3 Å². The summed E-state index contributed by atoms with van der Waals surface area (Å²) in [7, 11) is 0. The Morgan fingerprint density at radius 1 is 1.47 bits per heavy atom. The molecule has 0 atom stereocenters. The Morgan fingerprint density at radius 2 is 2.16 bits per heavy atom. The standard InChI is InChI=1S/C13H17BrN2O3/c1-3-15(8-4-7-14)13(17)11-6-5-10(2)12(9-11)16(18)19/h5-6,9H,3-4,7-8H2,1-2H3. The van der Waals surface area contributed by atoms with Crippen LogP contribution in [-0.4, -0.2) is 34.2 Å². The van der Waals surface area contributed by atoms with Gasteiger partial charge in [-0.25, -0.2) is 0 Å². The maximum atomic E-state index is 12.3. The molecule has 0 saturated heterocycles. The molecule has 1 rings (SSSR count). The number of amides is 1. The second-order valence-electron chi connectivity index (χ2n) is 4.19. The van der Waals surface area contributed by atoms with Crippen LogP contribution < -0.4 is 0 Å². The molecule has 0 aliphatic heterocycles. The number of carbonyl (C=O) groups excluding carboxylic acids is 1. The molecule has 0 unspecified atom stereocenters. The van der Waals surface area contributed by atoms with Gasteiger partial charge in [-0.15, -0.1) is 0 Å². The van der Waals surface area contributed by atoms with Crippen molar-refractivity contribution in [1.29, 1.82) is 0 Å². The van der Waals surface area contributed by atoms with E-state index < -0.39 is 4.92 Å². The molecular formula is C13H17BrN2O3. The molecule has 5 nitrogen and oxygen atoms in total. The largest absolute Gasteiger partial charge is 0.339 e. The van der Waals surface area contributed by atoms with Crippen molar-refractivity contribution in [2.75, 3.05) is 18.4 Å². The van der Waals surface area contributed by atoms with Crippen LogP contribution >= 0.6 is 15.9 Å². The van der Waals surface area contributed by atoms with Gasteiger partial charge in [0.25, 0.3) is 11.6 Å². The molecule has 1 amide bonds. The zero-order chi connectivity index (χ0) is 14.4. The highest BCUT2D eigenvalue weighted by Gasteiger charge is 2.18. The normalized spacial score (nSPS) is 10.3. The van der Waals surface area contributed by atoms with Gasteiger partial charge < -0.3 is 4.90 Å². The van der Waals surface area contributed by atoms with Crippen LogP contribution in [0.2, 0.25) is 0 Å². The van der Waals surface area contributed by atoms with E-state index in [0.29, 0.717) is 24.2 Å². The molecule has 0 aliphatic rings. The number of nitrogens with zero attached hydrogens (tertiary/aromatic N) is 2. The van der Waals surface area contributed by atoms with Crippen molar-refractivity contribution < 1.29 is 9.72 Å². The number of alkyl halides is 1. The molecule has 104 valence electrons. The predicted octanol–water partition coefficient (Wildman–Crippen LogP) is 3.15. The first kappa shape index (κ1) is 15.6. The fourth-order valence-corrected chi connectivity index (χ4v) is 2.03. The number of aryl methyl sites for hydroxylation is 1. The lowest BCUT2D eigenvalue weighted by atomic mass is 10.1. The first-order chi connectivity index (χ1) is 9.01. The van der Waals surface area contributed by atoms with Crippen LogP contribution in [0.3, 0.4) is 0 Å². The van der Waals surface area contributed by atoms with Crippen molar-refractivity contribution in [3.63, 3.8) is 0 Å². The Morgan fingerprint density at radius 3 is 2.68 bits per heavy atom. The van der Waals surface area contributed by atoms with Crippen molar-refractivity contribution in [3.8, 4) is 0 Å². The fraction of sp³-hybridized carbons (Fsp3) is 0.462. The lowest BCUT2D eigenvalue weighted by Gasteiger charge is -2.20. The molecule has 1 aromatic carbocycles. The second-order valence-corrected chi connectivity index (χ2v) is 4.98. The third-order valence-electron chi connectivity index (χ3n) is 2.88. The van der Waals surface area contributed by atoms with Gasteiger partial charge in [0, 0.05) is 35.6 Å². The molecule has 0 heterocycles. The van der Waals surface area contributed by atoms with Crippen LogP contribution in [0.4, 0.5) is 5.69 Å². The number of hydrogen-bond acceptors (Lipinski definition) is 3. The van der Waals surface area contributed by atoms with E-state index in [1.165, 1.54) is 6.07 Å². The van der Waals surface area contributed by atoms with Crippen LogP contribution in [0.15, 0.2) is 18.2 Å². The number of nitro groups is 1. The molecule has 0 aliphatic carbocycles. The summed E-state index contributed by atoms with van der Waals surface area (Å²) in [4.78, 5) is 24.4. The third kappa shape index (κ3) is 4.02. The molecule has 0 fully saturated rings. The predicted molar refractivity (Wildman–Crippen MR) is 77.8 cm³/mol. The highest BCUT2D eigenvalue weighted by Crippen LogP contribution is 2.20. The molecule has 0 N–H and O–H groups in total. The molecule has 0 bridgehead atoms. The van der Waals surface area contributed by atoms with Crippen molar-refractivity contribution in [2.24, 2.45) is 0 Å². The Balaban J connectivity index is 2.98. The molecule has 1 aromatic rings. The molecule has 0 saturated carbocycles. The SMILES string of the molecule is CCN(CCCBr)C(=O)c1ccc(C)c([N+](=O)[O-])c1. The van der Waals surface area contributed by atoms with Crippen molar-refractivity contribution in [2.45, 2.75) is 20.3 Å². The summed E-state index contributed by atoms with van der Waals surface area (Å²) in [6, 6.07) is 4.61. The van der Waals surface area contributed by atoms with E-state index in [-0.39, 0.29) is 11.6 Å². The lowest BCUT2D eigenvalue weighted by molar-refractivity contribution is -0.385. The van der Waals surface area contributed by atoms with E-state index >= 15 is 0 Å². The first-order valence-corrected chi connectivity index (χ1v) is 7.23. The Hall–Kier alpha value is -1.43. The number of nitro benzene ring substituents is 1. The minimum Gasteiger partial charge on any atom is -0.339 e. The minimum absolute atomic E-state index is 0.0117. The van der Waals surface area contributed by atoms with E-state index in [9.17, 15) is 14.9 Å². The highest BCUT2D eigenvalue weighted by molar-refractivity contribution is 9.09. The van der Waals surface area contributed by atoms with Gasteiger partial charge in [-0.1, -0.05) is 22.0 Å². The van der Waals surface area contributed by atoms with Gasteiger partial charge in [0.15, 0.2) is 0 Å². The first-order valence-electron chi connectivity index (χ1n) is 6.11. The van der Waals surface area contributed by atoms with Gasteiger partial charge in [-0.3, -0.25) is 14.9 Å². The van der Waals surface area contributed by atoms with Crippen LogP contribution in [0.5, 0.6) is 0 Å². The molecular weight excluding hydrogens is 312 g/mol. The average Bonchev–Trinajstić information content (AvgIpc) is 2.39. The highest BCUT2D eigenvalue weighted by atomic mass is 79.9. The molecule has 19 heavy (non-hydrogen) atoms. The van der Waals surface area contributed by atoms with E-state index in [4.69, 9.17) is 0 Å². The van der Waals surface area contributed by atoms with Crippen LogP contribution in [-0.2, 0) is 0 Å². The minimum atomic E-state index is -0.457. The van der Waals surface area contributed by atoms with Crippen LogP contribution in [0.1, 0.15) is 29.3 Å². The maximum absolute atomic E-state index is 12.3. The summed E-state index contributed by atoms with van der Waals surface area (Å²) in [6.07, 6.45) is 0.855. The molecule has 6 heteroatoms.